The smallest absolute Gasteiger partial charge is 0.0664 e. The van der Waals surface area contributed by atoms with Crippen molar-refractivity contribution in [2.75, 3.05) is 0 Å². The molecule has 2 heteroatoms. The summed E-state index contributed by atoms with van der Waals surface area (Å²) in [5.41, 5.74) is 20.0. The van der Waals surface area contributed by atoms with Crippen LogP contribution in [0.15, 0.2) is 121 Å². The van der Waals surface area contributed by atoms with Crippen molar-refractivity contribution in [2.45, 2.75) is 0 Å². The largest absolute Gasteiger partial charge is 0.244 e. The van der Waals surface area contributed by atoms with Crippen LogP contribution in [0.1, 0.15) is 0 Å². The van der Waals surface area contributed by atoms with E-state index in [0.717, 1.165) is 0 Å². The first kappa shape index (κ1) is 20.8. The maximum atomic E-state index is 2.55. The zero-order valence-electron chi connectivity index (χ0n) is 22.7. The van der Waals surface area contributed by atoms with E-state index in [1.807, 2.05) is 0 Å². The number of fused-ring (bicyclic) bond motifs is 10. The molecule has 0 N–H and O–H groups in total. The highest BCUT2D eigenvalue weighted by Crippen LogP contribution is 2.45. The van der Waals surface area contributed by atoms with Crippen LogP contribution in [0.4, 0.5) is 0 Å². The molecule has 8 aromatic rings. The first-order valence-corrected chi connectivity index (χ1v) is 15.1. The highest BCUT2D eigenvalue weighted by atomic mass is 14.3. The van der Waals surface area contributed by atoms with Gasteiger partial charge in [0.2, 0.25) is 13.4 Å². The Balaban J connectivity index is 1.29. The average molecular weight is 522 g/mol. The quantitative estimate of drug-likeness (QED) is 0.181. The molecule has 0 aliphatic carbocycles. The van der Waals surface area contributed by atoms with Crippen LogP contribution >= 0.6 is 0 Å². The summed E-state index contributed by atoms with van der Waals surface area (Å²) < 4.78 is 0. The molecule has 0 unspecified atom stereocenters. The van der Waals surface area contributed by atoms with Crippen molar-refractivity contribution in [2.24, 2.45) is 0 Å². The minimum Gasteiger partial charge on any atom is -0.0664 e. The van der Waals surface area contributed by atoms with Gasteiger partial charge in [0.15, 0.2) is 0 Å². The predicted molar refractivity (Wildman–Crippen MR) is 181 cm³/mol. The number of rotatable bonds is 0. The van der Waals surface area contributed by atoms with Gasteiger partial charge in [-0.3, -0.25) is 0 Å². The van der Waals surface area contributed by atoms with E-state index in [4.69, 9.17) is 0 Å². The van der Waals surface area contributed by atoms with Crippen molar-refractivity contribution in [1.82, 2.24) is 0 Å². The molecule has 0 saturated carbocycles. The third-order valence-electron chi connectivity index (χ3n) is 11.0. The molecule has 0 amide bonds. The standard InChI is InChI=1S/C40H20B2/c1-3-13-31-23(7-1)27-9-5-11-29-25-17-15-22-20-34-38-26(18-16-21-19-33(41(31)39(27)29)37(25)35(22)36(21)38)30-12-6-10-28-24-8-2-4-14-32(24)42(34)40(28)30/h1-20H. The lowest BCUT2D eigenvalue weighted by molar-refractivity contribution is 1.67. The number of hydrogen-bond donors (Lipinski definition) is 0. The molecule has 0 aromatic heterocycles. The van der Waals surface area contributed by atoms with E-state index >= 15 is 0 Å². The van der Waals surface area contributed by atoms with Gasteiger partial charge in [-0.15, -0.1) is 0 Å². The molecule has 12 rings (SSSR count). The molecule has 0 radical (unpaired) electrons. The molecule has 0 atom stereocenters. The van der Waals surface area contributed by atoms with Gasteiger partial charge >= 0.3 is 0 Å². The van der Waals surface area contributed by atoms with Crippen LogP contribution in [0.2, 0.25) is 0 Å². The molecule has 4 heterocycles. The Morgan fingerprint density at radius 2 is 0.690 bits per heavy atom. The van der Waals surface area contributed by atoms with Gasteiger partial charge in [-0.1, -0.05) is 154 Å². The topological polar surface area (TPSA) is 0 Å². The first-order valence-electron chi connectivity index (χ1n) is 15.1. The third-order valence-corrected chi connectivity index (χ3v) is 11.0. The molecule has 0 fully saturated rings. The van der Waals surface area contributed by atoms with E-state index < -0.39 is 0 Å². The second-order valence-electron chi connectivity index (χ2n) is 12.7. The Morgan fingerprint density at radius 1 is 0.286 bits per heavy atom. The lowest BCUT2D eigenvalue weighted by atomic mass is 9.34. The van der Waals surface area contributed by atoms with E-state index in [9.17, 15) is 0 Å². The van der Waals surface area contributed by atoms with Gasteiger partial charge in [0.1, 0.15) is 0 Å². The molecule has 0 spiro atoms. The molecule has 0 nitrogen and oxygen atoms in total. The van der Waals surface area contributed by atoms with E-state index in [1.54, 1.807) is 0 Å². The fourth-order valence-electron chi connectivity index (χ4n) is 9.64. The van der Waals surface area contributed by atoms with Crippen LogP contribution in [-0.2, 0) is 0 Å². The van der Waals surface area contributed by atoms with Crippen molar-refractivity contribution in [1.29, 1.82) is 0 Å². The highest BCUT2D eigenvalue weighted by Gasteiger charge is 2.43. The number of hydrogen-bond acceptors (Lipinski definition) is 0. The molecular weight excluding hydrogens is 502 g/mol. The Kier molecular flexibility index (Phi) is 3.31. The second-order valence-corrected chi connectivity index (χ2v) is 12.7. The van der Waals surface area contributed by atoms with Gasteiger partial charge in [-0.2, -0.15) is 0 Å². The molecule has 0 saturated heterocycles. The highest BCUT2D eigenvalue weighted by molar-refractivity contribution is 7.03. The second kappa shape index (κ2) is 6.69. The SMILES string of the molecule is c1ccc2c(c1)B1c3c-2cccc3-c2ccc3cc4c5c(ccc6cc1c2c3c65)-c1cccc2c1B4c1ccccc1-2. The third kappa shape index (κ3) is 2.08. The van der Waals surface area contributed by atoms with Gasteiger partial charge in [0.25, 0.3) is 0 Å². The summed E-state index contributed by atoms with van der Waals surface area (Å²) >= 11 is 0. The van der Waals surface area contributed by atoms with Gasteiger partial charge in [-0.05, 0) is 76.8 Å². The molecule has 0 bridgehead atoms. The van der Waals surface area contributed by atoms with Crippen molar-refractivity contribution in [3.8, 4) is 44.5 Å². The normalized spacial score (nSPS) is 14.1. The fraction of sp³-hybridized carbons (Fsp3) is 0. The van der Waals surface area contributed by atoms with Crippen molar-refractivity contribution < 1.29 is 0 Å². The van der Waals surface area contributed by atoms with Gasteiger partial charge in [0, 0.05) is 0 Å². The monoisotopic (exact) mass is 522 g/mol. The van der Waals surface area contributed by atoms with Crippen LogP contribution in [-0.4, -0.2) is 13.4 Å². The Hall–Kier alpha value is -5.07. The van der Waals surface area contributed by atoms with Crippen molar-refractivity contribution in [3.63, 3.8) is 0 Å². The maximum absolute atomic E-state index is 2.55. The van der Waals surface area contributed by atoms with Crippen LogP contribution in [0.5, 0.6) is 0 Å². The molecule has 4 aliphatic rings. The summed E-state index contributed by atoms with van der Waals surface area (Å²) in [4.78, 5) is 0. The summed E-state index contributed by atoms with van der Waals surface area (Å²) in [6.45, 7) is 0.567. The molecule has 42 heavy (non-hydrogen) atoms. The average Bonchev–Trinajstić information content (AvgIpc) is 3.57. The van der Waals surface area contributed by atoms with Crippen LogP contribution in [0.3, 0.4) is 0 Å². The van der Waals surface area contributed by atoms with Crippen LogP contribution < -0.4 is 32.8 Å². The Labute approximate surface area is 243 Å². The first-order chi connectivity index (χ1) is 20.9. The van der Waals surface area contributed by atoms with Crippen molar-refractivity contribution >= 4 is 78.5 Å². The fourth-order valence-corrected chi connectivity index (χ4v) is 9.64. The zero-order chi connectivity index (χ0) is 26.8. The van der Waals surface area contributed by atoms with Gasteiger partial charge in [0.05, 0.1) is 0 Å². The zero-order valence-corrected chi connectivity index (χ0v) is 22.7. The summed E-state index contributed by atoms with van der Waals surface area (Å²) in [6.07, 6.45) is 0. The summed E-state index contributed by atoms with van der Waals surface area (Å²) in [6, 6.07) is 46.8. The molecule has 8 aromatic carbocycles. The Bertz CT molecular complexity index is 2410. The predicted octanol–water partition coefficient (Wildman–Crippen LogP) is 5.54. The number of benzene rings is 8. The van der Waals surface area contributed by atoms with E-state index in [1.165, 1.54) is 110 Å². The van der Waals surface area contributed by atoms with Crippen LogP contribution in [0, 0.1) is 0 Å². The summed E-state index contributed by atoms with van der Waals surface area (Å²) in [5, 5.41) is 8.56. The van der Waals surface area contributed by atoms with E-state index in [-0.39, 0.29) is 13.4 Å². The molecular formula is C40H20B2. The lowest BCUT2D eigenvalue weighted by Crippen LogP contribution is -2.52. The maximum Gasteiger partial charge on any atom is 0.244 e. The minimum absolute atomic E-state index is 0.283. The van der Waals surface area contributed by atoms with Gasteiger partial charge < -0.3 is 0 Å². The van der Waals surface area contributed by atoms with E-state index in [0.29, 0.717) is 0 Å². The summed E-state index contributed by atoms with van der Waals surface area (Å²) in [5.74, 6) is 0. The van der Waals surface area contributed by atoms with Crippen LogP contribution in [0.25, 0.3) is 76.8 Å². The summed E-state index contributed by atoms with van der Waals surface area (Å²) in [7, 11) is 0. The molecule has 4 aliphatic heterocycles. The van der Waals surface area contributed by atoms with Crippen molar-refractivity contribution in [3.05, 3.63) is 121 Å². The molecule has 186 valence electrons. The van der Waals surface area contributed by atoms with E-state index in [2.05, 4.69) is 121 Å². The minimum atomic E-state index is 0.283. The van der Waals surface area contributed by atoms with Gasteiger partial charge in [-0.25, -0.2) is 0 Å². The Morgan fingerprint density at radius 3 is 1.17 bits per heavy atom. The lowest BCUT2D eigenvalue weighted by Gasteiger charge is -2.30.